The summed E-state index contributed by atoms with van der Waals surface area (Å²) in [7, 11) is 5.44. The van der Waals surface area contributed by atoms with E-state index >= 15 is 0 Å². The summed E-state index contributed by atoms with van der Waals surface area (Å²) in [6.07, 6.45) is 5.02. The molecule has 1 aromatic heterocycles. The van der Waals surface area contributed by atoms with E-state index in [-0.39, 0.29) is 24.0 Å². The Kier molecular flexibility index (Phi) is 9.49. The number of halogens is 1. The molecule has 0 saturated carbocycles. The molecule has 1 atom stereocenters. The van der Waals surface area contributed by atoms with Crippen molar-refractivity contribution in [2.24, 2.45) is 18.0 Å². The van der Waals surface area contributed by atoms with Crippen molar-refractivity contribution >= 4 is 29.9 Å². The molecule has 0 aromatic carbocycles. The topological polar surface area (TPSA) is 63.9 Å². The normalized spacial score (nSPS) is 18.1. The van der Waals surface area contributed by atoms with Crippen molar-refractivity contribution in [1.82, 2.24) is 20.0 Å². The Morgan fingerprint density at radius 1 is 1.48 bits per heavy atom. The lowest BCUT2D eigenvalue weighted by Gasteiger charge is -2.21. The van der Waals surface area contributed by atoms with Crippen LogP contribution in [0.15, 0.2) is 17.4 Å². The van der Waals surface area contributed by atoms with Gasteiger partial charge in [0.15, 0.2) is 5.96 Å². The molecule has 0 amide bonds. The van der Waals surface area contributed by atoms with Gasteiger partial charge in [-0.25, -0.2) is 0 Å². The minimum Gasteiger partial charge on any atom is -0.382 e. The summed E-state index contributed by atoms with van der Waals surface area (Å²) in [5, 5.41) is 7.57. The summed E-state index contributed by atoms with van der Waals surface area (Å²) >= 11 is 0. The summed E-state index contributed by atoms with van der Waals surface area (Å²) in [6, 6.07) is 0. The van der Waals surface area contributed by atoms with E-state index < -0.39 is 0 Å². The fourth-order valence-electron chi connectivity index (χ4n) is 2.63. The van der Waals surface area contributed by atoms with Gasteiger partial charge in [-0.05, 0) is 6.42 Å². The van der Waals surface area contributed by atoms with Crippen molar-refractivity contribution < 1.29 is 9.47 Å². The predicted octanol–water partition coefficient (Wildman–Crippen LogP) is 1.10. The first-order valence-electron chi connectivity index (χ1n) is 7.72. The van der Waals surface area contributed by atoms with Crippen LogP contribution in [-0.2, 0) is 23.1 Å². The van der Waals surface area contributed by atoms with Gasteiger partial charge < -0.3 is 19.7 Å². The Hall–Kier alpha value is -0.870. The second-order valence-electron chi connectivity index (χ2n) is 5.59. The first-order valence-corrected chi connectivity index (χ1v) is 7.72. The number of nitrogens with one attached hydrogen (secondary N) is 1. The first-order chi connectivity index (χ1) is 10.7. The van der Waals surface area contributed by atoms with Crippen molar-refractivity contribution in [2.75, 3.05) is 47.1 Å². The number of hydrogen-bond donors (Lipinski definition) is 1. The average molecular weight is 437 g/mol. The molecule has 7 nitrogen and oxygen atoms in total. The summed E-state index contributed by atoms with van der Waals surface area (Å²) in [5.41, 5.74) is 1.15. The van der Waals surface area contributed by atoms with E-state index in [4.69, 9.17) is 9.47 Å². The minimum atomic E-state index is 0. The van der Waals surface area contributed by atoms with Crippen molar-refractivity contribution in [2.45, 2.75) is 13.0 Å². The second-order valence-corrected chi connectivity index (χ2v) is 5.59. The Labute approximate surface area is 155 Å². The van der Waals surface area contributed by atoms with Gasteiger partial charge in [-0.3, -0.25) is 9.67 Å². The van der Waals surface area contributed by atoms with Gasteiger partial charge >= 0.3 is 0 Å². The summed E-state index contributed by atoms with van der Waals surface area (Å²) in [4.78, 5) is 6.67. The van der Waals surface area contributed by atoms with Gasteiger partial charge in [-0.2, -0.15) is 5.10 Å². The van der Waals surface area contributed by atoms with E-state index in [1.54, 1.807) is 7.11 Å². The molecule has 0 aliphatic carbocycles. The molecule has 1 aliphatic rings. The Morgan fingerprint density at radius 2 is 2.30 bits per heavy atom. The SMILES string of the molecule is CN=C(NCc1cnn(C)c1)N1CCC(COCCOC)C1.I. The minimum absolute atomic E-state index is 0. The van der Waals surface area contributed by atoms with E-state index in [2.05, 4.69) is 20.3 Å². The zero-order chi connectivity index (χ0) is 15.8. The lowest BCUT2D eigenvalue weighted by Crippen LogP contribution is -2.39. The number of rotatable bonds is 7. The number of nitrogens with zero attached hydrogens (tertiary/aromatic N) is 4. The van der Waals surface area contributed by atoms with Gasteiger partial charge in [0.2, 0.25) is 0 Å². The maximum Gasteiger partial charge on any atom is 0.193 e. The first kappa shape index (κ1) is 20.2. The molecule has 1 aliphatic heterocycles. The summed E-state index contributed by atoms with van der Waals surface area (Å²) < 4.78 is 12.4. The Bertz CT molecular complexity index is 480. The standard InChI is InChI=1S/C15H27N5O2.HI/c1-16-15(17-8-14-9-18-19(2)10-14)20-5-4-13(11-20)12-22-7-6-21-3;/h9-10,13H,4-8,11-12H2,1-3H3,(H,16,17);1H. The molecule has 23 heavy (non-hydrogen) atoms. The van der Waals surface area contributed by atoms with Crippen LogP contribution in [0.5, 0.6) is 0 Å². The van der Waals surface area contributed by atoms with E-state index in [0.29, 0.717) is 19.1 Å². The van der Waals surface area contributed by atoms with Gasteiger partial charge in [0.05, 0.1) is 26.0 Å². The van der Waals surface area contributed by atoms with Crippen LogP contribution in [0.2, 0.25) is 0 Å². The zero-order valence-corrected chi connectivity index (χ0v) is 16.5. The van der Waals surface area contributed by atoms with Gasteiger partial charge in [0.25, 0.3) is 0 Å². The van der Waals surface area contributed by atoms with Crippen molar-refractivity contribution in [3.63, 3.8) is 0 Å². The smallest absolute Gasteiger partial charge is 0.193 e. The van der Waals surface area contributed by atoms with E-state index in [0.717, 1.165) is 44.2 Å². The lowest BCUT2D eigenvalue weighted by molar-refractivity contribution is 0.0536. The third-order valence-electron chi connectivity index (χ3n) is 3.79. The highest BCUT2D eigenvalue weighted by molar-refractivity contribution is 14.0. The van der Waals surface area contributed by atoms with Crippen LogP contribution >= 0.6 is 24.0 Å². The van der Waals surface area contributed by atoms with Crippen LogP contribution in [0.4, 0.5) is 0 Å². The van der Waals surface area contributed by atoms with Crippen LogP contribution in [0.3, 0.4) is 0 Å². The van der Waals surface area contributed by atoms with E-state index in [9.17, 15) is 0 Å². The zero-order valence-electron chi connectivity index (χ0n) is 14.2. The molecule has 2 rings (SSSR count). The van der Waals surface area contributed by atoms with Crippen LogP contribution in [-0.4, -0.2) is 67.7 Å². The highest BCUT2D eigenvalue weighted by Crippen LogP contribution is 2.16. The fourth-order valence-corrected chi connectivity index (χ4v) is 2.63. The van der Waals surface area contributed by atoms with Crippen LogP contribution in [0, 0.1) is 5.92 Å². The van der Waals surface area contributed by atoms with Crippen LogP contribution in [0.1, 0.15) is 12.0 Å². The van der Waals surface area contributed by atoms with Gasteiger partial charge in [0, 0.05) is 58.5 Å². The number of aryl methyl sites for hydroxylation is 1. The van der Waals surface area contributed by atoms with Gasteiger partial charge in [-0.1, -0.05) is 0 Å². The maximum atomic E-state index is 5.63. The summed E-state index contributed by atoms with van der Waals surface area (Å²) in [5.74, 6) is 1.51. The molecule has 1 saturated heterocycles. The largest absolute Gasteiger partial charge is 0.382 e. The summed E-state index contributed by atoms with van der Waals surface area (Å²) in [6.45, 7) is 4.86. The third-order valence-corrected chi connectivity index (χ3v) is 3.79. The molecular weight excluding hydrogens is 409 g/mol. The van der Waals surface area contributed by atoms with Crippen LogP contribution < -0.4 is 5.32 Å². The molecule has 132 valence electrons. The third kappa shape index (κ3) is 6.64. The number of hydrogen-bond acceptors (Lipinski definition) is 4. The maximum absolute atomic E-state index is 5.63. The molecule has 1 unspecified atom stereocenters. The Morgan fingerprint density at radius 3 is 2.96 bits per heavy atom. The Balaban J connectivity index is 0.00000264. The molecule has 1 N–H and O–H groups in total. The number of aromatic nitrogens is 2. The molecule has 8 heteroatoms. The molecule has 1 aromatic rings. The molecule has 0 radical (unpaired) electrons. The van der Waals surface area contributed by atoms with Gasteiger partial charge in [-0.15, -0.1) is 24.0 Å². The van der Waals surface area contributed by atoms with Crippen LogP contribution in [0.25, 0.3) is 0 Å². The van der Waals surface area contributed by atoms with Crippen molar-refractivity contribution in [1.29, 1.82) is 0 Å². The number of aliphatic imine (C=N–C) groups is 1. The molecule has 2 heterocycles. The van der Waals surface area contributed by atoms with Crippen molar-refractivity contribution in [3.05, 3.63) is 18.0 Å². The second kappa shape index (κ2) is 10.8. The monoisotopic (exact) mass is 437 g/mol. The molecule has 0 bridgehead atoms. The molecular formula is C15H28IN5O2. The van der Waals surface area contributed by atoms with Crippen molar-refractivity contribution in [3.8, 4) is 0 Å². The lowest BCUT2D eigenvalue weighted by atomic mass is 10.1. The number of likely N-dealkylation sites (tertiary alicyclic amines) is 1. The number of methoxy groups -OCH3 is 1. The molecule has 1 fully saturated rings. The number of guanidine groups is 1. The predicted molar refractivity (Wildman–Crippen MR) is 101 cm³/mol. The molecule has 0 spiro atoms. The van der Waals surface area contributed by atoms with Gasteiger partial charge in [0.1, 0.15) is 0 Å². The highest BCUT2D eigenvalue weighted by atomic mass is 127. The van der Waals surface area contributed by atoms with E-state index in [1.807, 2.05) is 31.2 Å². The quantitative estimate of drug-likeness (QED) is 0.300. The number of ether oxygens (including phenoxy) is 2. The highest BCUT2D eigenvalue weighted by Gasteiger charge is 2.24. The average Bonchev–Trinajstić information content (AvgIpc) is 3.14. The van der Waals surface area contributed by atoms with E-state index in [1.165, 1.54) is 0 Å². The fraction of sp³-hybridized carbons (Fsp3) is 0.733.